The van der Waals surface area contributed by atoms with Gasteiger partial charge in [0.2, 0.25) is 10.0 Å². The van der Waals surface area contributed by atoms with Crippen molar-refractivity contribution in [2.45, 2.75) is 30.7 Å². The Bertz CT molecular complexity index is 1250. The summed E-state index contributed by atoms with van der Waals surface area (Å²) in [5.74, 6) is 0.366. The van der Waals surface area contributed by atoms with Crippen molar-refractivity contribution in [1.29, 1.82) is 0 Å². The fraction of sp³-hybridized carbons (Fsp3) is 0.211. The molecule has 1 aliphatic heterocycles. The van der Waals surface area contributed by atoms with Gasteiger partial charge in [-0.2, -0.15) is 0 Å². The largest absolute Gasteiger partial charge is 0.322 e. The van der Waals surface area contributed by atoms with E-state index in [0.717, 1.165) is 25.1 Å². The van der Waals surface area contributed by atoms with Gasteiger partial charge in [-0.1, -0.05) is 0 Å². The zero-order valence-electron chi connectivity index (χ0n) is 14.9. The maximum absolute atomic E-state index is 12.6. The number of nitrogens with two attached hydrogens (primary N) is 1. The second-order valence-electron chi connectivity index (χ2n) is 6.70. The molecule has 0 aliphatic carbocycles. The van der Waals surface area contributed by atoms with Crippen LogP contribution >= 0.6 is 0 Å². The summed E-state index contributed by atoms with van der Waals surface area (Å²) in [6.45, 7) is 0.674. The van der Waals surface area contributed by atoms with E-state index < -0.39 is 10.0 Å². The van der Waals surface area contributed by atoms with Crippen LogP contribution in [0.5, 0.6) is 0 Å². The molecule has 1 aromatic heterocycles. The quantitative estimate of drug-likeness (QED) is 0.694. The number of hydrogen-bond donors (Lipinski definition) is 2. The molecule has 1 aliphatic rings. The van der Waals surface area contributed by atoms with Gasteiger partial charge in [-0.15, -0.1) is 0 Å². The van der Waals surface area contributed by atoms with Crippen LogP contribution < -0.4 is 16.0 Å². The van der Waals surface area contributed by atoms with Crippen molar-refractivity contribution in [2.75, 3.05) is 5.32 Å². The number of benzene rings is 2. The second kappa shape index (κ2) is 6.84. The van der Waals surface area contributed by atoms with Crippen molar-refractivity contribution in [2.24, 2.45) is 5.14 Å². The number of hydrogen-bond acceptors (Lipinski definition) is 5. The van der Waals surface area contributed by atoms with E-state index in [0.29, 0.717) is 28.7 Å². The van der Waals surface area contributed by atoms with E-state index >= 15 is 0 Å². The minimum absolute atomic E-state index is 0.0364. The maximum Gasteiger partial charge on any atom is 0.261 e. The number of rotatable bonds is 3. The van der Waals surface area contributed by atoms with E-state index in [2.05, 4.69) is 10.3 Å². The lowest BCUT2D eigenvalue weighted by Gasteiger charge is -2.17. The summed E-state index contributed by atoms with van der Waals surface area (Å²) in [4.78, 5) is 29.7. The number of nitrogens with zero attached hydrogens (tertiary/aromatic N) is 2. The summed E-state index contributed by atoms with van der Waals surface area (Å²) < 4.78 is 24.3. The van der Waals surface area contributed by atoms with Crippen LogP contribution in [0.15, 0.2) is 52.2 Å². The molecule has 3 N–H and O–H groups in total. The molecule has 0 bridgehead atoms. The van der Waals surface area contributed by atoms with Crippen LogP contribution in [-0.2, 0) is 23.0 Å². The highest BCUT2D eigenvalue weighted by Gasteiger charge is 2.16. The van der Waals surface area contributed by atoms with Crippen molar-refractivity contribution in [3.8, 4) is 0 Å². The summed E-state index contributed by atoms with van der Waals surface area (Å²) >= 11 is 0. The van der Waals surface area contributed by atoms with E-state index in [1.807, 2.05) is 0 Å². The highest BCUT2D eigenvalue weighted by molar-refractivity contribution is 7.89. The predicted molar refractivity (Wildman–Crippen MR) is 105 cm³/mol. The molecular formula is C19H18N4O4S. The van der Waals surface area contributed by atoms with E-state index in [1.54, 1.807) is 22.8 Å². The van der Waals surface area contributed by atoms with Crippen molar-refractivity contribution in [3.63, 3.8) is 0 Å². The third-order valence-electron chi connectivity index (χ3n) is 4.77. The van der Waals surface area contributed by atoms with Gasteiger partial charge in [0.15, 0.2) is 0 Å². The monoisotopic (exact) mass is 398 g/mol. The van der Waals surface area contributed by atoms with Crippen molar-refractivity contribution < 1.29 is 13.2 Å². The number of primary sulfonamides is 1. The Morgan fingerprint density at radius 1 is 1.11 bits per heavy atom. The van der Waals surface area contributed by atoms with Crippen molar-refractivity contribution in [3.05, 3.63) is 64.2 Å². The molecule has 0 unspecified atom stereocenters. The number of nitrogens with one attached hydrogen (secondary N) is 1. The van der Waals surface area contributed by atoms with Crippen molar-refractivity contribution in [1.82, 2.24) is 9.55 Å². The lowest BCUT2D eigenvalue weighted by Crippen LogP contribution is -2.28. The van der Waals surface area contributed by atoms with Gasteiger partial charge in [-0.3, -0.25) is 14.2 Å². The first kappa shape index (κ1) is 18.3. The minimum atomic E-state index is -3.79. The van der Waals surface area contributed by atoms with Gasteiger partial charge in [-0.25, -0.2) is 18.5 Å². The fourth-order valence-corrected chi connectivity index (χ4v) is 3.83. The summed E-state index contributed by atoms with van der Waals surface area (Å²) in [6, 6.07) is 10.3. The molecule has 0 saturated carbocycles. The predicted octanol–water partition coefficient (Wildman–Crippen LogP) is 1.63. The Balaban J connectivity index is 1.63. The number of anilines is 1. The number of aryl methyl sites for hydroxylation is 1. The molecule has 3 aromatic rings. The molecule has 8 nitrogen and oxygen atoms in total. The van der Waals surface area contributed by atoms with Crippen LogP contribution in [0.1, 0.15) is 29.0 Å². The van der Waals surface area contributed by atoms with Gasteiger partial charge in [-0.05, 0) is 55.3 Å². The first-order valence-electron chi connectivity index (χ1n) is 8.81. The smallest absolute Gasteiger partial charge is 0.261 e. The van der Waals surface area contributed by atoms with Crippen molar-refractivity contribution >= 4 is 32.5 Å². The fourth-order valence-electron chi connectivity index (χ4n) is 3.31. The van der Waals surface area contributed by atoms with E-state index in [1.165, 1.54) is 24.3 Å². The van der Waals surface area contributed by atoms with Gasteiger partial charge >= 0.3 is 0 Å². The molecule has 0 saturated heterocycles. The van der Waals surface area contributed by atoms with Crippen LogP contribution in [0.2, 0.25) is 0 Å². The SMILES string of the molecule is NS(=O)(=O)c1ccc(NC(=O)c2ccc3c(=O)n4c(nc3c2)CCCC4)cc1. The molecule has 4 rings (SSSR count). The number of carbonyl (C=O) groups excluding carboxylic acids is 1. The topological polar surface area (TPSA) is 124 Å². The number of amides is 1. The van der Waals surface area contributed by atoms with Crippen LogP contribution in [0, 0.1) is 0 Å². The molecular weight excluding hydrogens is 380 g/mol. The van der Waals surface area contributed by atoms with Crippen LogP contribution in [0.3, 0.4) is 0 Å². The van der Waals surface area contributed by atoms with Gasteiger partial charge in [0, 0.05) is 24.2 Å². The lowest BCUT2D eigenvalue weighted by molar-refractivity contribution is 0.102. The molecule has 9 heteroatoms. The lowest BCUT2D eigenvalue weighted by atomic mass is 10.1. The third kappa shape index (κ3) is 3.41. The van der Waals surface area contributed by atoms with E-state index in [9.17, 15) is 18.0 Å². The van der Waals surface area contributed by atoms with Gasteiger partial charge < -0.3 is 5.32 Å². The van der Waals surface area contributed by atoms with Crippen LogP contribution in [-0.4, -0.2) is 23.9 Å². The molecule has 0 spiro atoms. The average Bonchev–Trinajstić information content (AvgIpc) is 2.67. The van der Waals surface area contributed by atoms with E-state index in [4.69, 9.17) is 5.14 Å². The molecule has 144 valence electrons. The maximum atomic E-state index is 12.6. The first-order chi connectivity index (χ1) is 13.3. The first-order valence-corrected chi connectivity index (χ1v) is 10.4. The van der Waals surface area contributed by atoms with Gasteiger partial charge in [0.1, 0.15) is 5.82 Å². The van der Waals surface area contributed by atoms with Gasteiger partial charge in [0.05, 0.1) is 15.8 Å². The highest BCUT2D eigenvalue weighted by atomic mass is 32.2. The van der Waals surface area contributed by atoms with Crippen LogP contribution in [0.25, 0.3) is 10.9 Å². The normalized spacial score (nSPS) is 13.9. The Kier molecular flexibility index (Phi) is 4.48. The summed E-state index contributed by atoms with van der Waals surface area (Å²) in [7, 11) is -3.79. The standard InChI is InChI=1S/C19H18N4O4S/c20-28(26,27)14-7-5-13(6-8-14)21-18(24)12-4-9-15-16(11-12)22-17-3-1-2-10-23(17)19(15)25/h4-9,11H,1-3,10H2,(H,21,24)(H2,20,26,27). The Labute approximate surface area is 161 Å². The Hall–Kier alpha value is -3.04. The molecule has 0 radical (unpaired) electrons. The molecule has 0 fully saturated rings. The highest BCUT2D eigenvalue weighted by Crippen LogP contribution is 2.18. The van der Waals surface area contributed by atoms with Gasteiger partial charge in [0.25, 0.3) is 11.5 Å². The summed E-state index contributed by atoms with van der Waals surface area (Å²) in [6.07, 6.45) is 2.70. The molecule has 0 atom stereocenters. The number of aromatic nitrogens is 2. The second-order valence-corrected chi connectivity index (χ2v) is 8.26. The average molecular weight is 398 g/mol. The molecule has 2 aromatic carbocycles. The molecule has 1 amide bonds. The Morgan fingerprint density at radius 2 is 1.86 bits per heavy atom. The van der Waals surface area contributed by atoms with Crippen LogP contribution in [0.4, 0.5) is 5.69 Å². The third-order valence-corrected chi connectivity index (χ3v) is 5.70. The summed E-state index contributed by atoms with van der Waals surface area (Å²) in [5.41, 5.74) is 1.20. The number of carbonyl (C=O) groups is 1. The summed E-state index contributed by atoms with van der Waals surface area (Å²) in [5, 5.41) is 8.24. The number of sulfonamides is 1. The molecule has 28 heavy (non-hydrogen) atoms. The minimum Gasteiger partial charge on any atom is -0.322 e. The molecule has 2 heterocycles. The zero-order valence-corrected chi connectivity index (χ0v) is 15.7. The Morgan fingerprint density at radius 3 is 2.57 bits per heavy atom. The number of fused-ring (bicyclic) bond motifs is 2. The van der Waals surface area contributed by atoms with E-state index in [-0.39, 0.29) is 16.4 Å². The zero-order chi connectivity index (χ0) is 19.9.